The quantitative estimate of drug-likeness (QED) is 0.702. The van der Waals surface area contributed by atoms with Crippen molar-refractivity contribution in [2.75, 3.05) is 7.04 Å². The summed E-state index contributed by atoms with van der Waals surface area (Å²) in [6, 6.07) is -3.85. The van der Waals surface area contributed by atoms with Crippen molar-refractivity contribution in [1.29, 1.82) is 0 Å². The molecule has 66 valence electrons. The van der Waals surface area contributed by atoms with Crippen molar-refractivity contribution in [3.8, 4) is 5.75 Å². The molecular formula is C7H7ClO3S. The Morgan fingerprint density at radius 3 is 2.50 bits per heavy atom. The van der Waals surface area contributed by atoms with Crippen molar-refractivity contribution >= 4 is 19.7 Å². The summed E-state index contributed by atoms with van der Waals surface area (Å²) in [5.74, 6) is -0.862. The van der Waals surface area contributed by atoms with Crippen molar-refractivity contribution in [3.63, 3.8) is 0 Å². The van der Waals surface area contributed by atoms with E-state index in [9.17, 15) is 8.42 Å². The average Bonchev–Trinajstić information content (AvgIpc) is 2.18. The van der Waals surface area contributed by atoms with Crippen LogP contribution in [0.5, 0.6) is 5.75 Å². The number of benzene rings is 1. The van der Waals surface area contributed by atoms with E-state index in [1.54, 1.807) is 0 Å². The van der Waals surface area contributed by atoms with Gasteiger partial charge in [-0.15, -0.1) is 0 Å². The topological polar surface area (TPSA) is 43.4 Å². The van der Waals surface area contributed by atoms with Gasteiger partial charge in [0.25, 0.3) is 9.05 Å². The second-order valence-corrected chi connectivity index (χ2v) is 4.20. The van der Waals surface area contributed by atoms with E-state index in [1.807, 2.05) is 0 Å². The molecular weight excluding hydrogens is 200 g/mol. The molecule has 0 aliphatic heterocycles. The van der Waals surface area contributed by atoms with Gasteiger partial charge in [0, 0.05) is 10.7 Å². The Hall–Kier alpha value is -0.740. The van der Waals surface area contributed by atoms with Crippen LogP contribution < -0.4 is 4.74 Å². The van der Waals surface area contributed by atoms with Crippen LogP contribution in [0, 0.1) is 0 Å². The minimum atomic E-state index is -4.51. The largest absolute Gasteiger partial charge is 0.497 e. The Kier molecular flexibility index (Phi) is 0.986. The standard InChI is InChI=1S/C7H7ClO3S/c1-11-6-2-4-7(5-3-6)12(8,9)10/h2-5H,1H3/i1D3,2D,3D,4D,5D. The average molecular weight is 214 g/mol. The highest BCUT2D eigenvalue weighted by Crippen LogP contribution is 2.18. The highest BCUT2D eigenvalue weighted by atomic mass is 35.7. The van der Waals surface area contributed by atoms with Gasteiger partial charge in [-0.1, -0.05) is 0 Å². The molecule has 3 nitrogen and oxygen atoms in total. The zero-order chi connectivity index (χ0) is 15.2. The van der Waals surface area contributed by atoms with Crippen molar-refractivity contribution in [2.24, 2.45) is 0 Å². The lowest BCUT2D eigenvalue weighted by Crippen LogP contribution is -1.90. The van der Waals surface area contributed by atoms with E-state index in [0.717, 1.165) is 0 Å². The molecule has 0 bridgehead atoms. The first-order valence-electron chi connectivity index (χ1n) is 6.10. The van der Waals surface area contributed by atoms with Crippen LogP contribution in [0.3, 0.4) is 0 Å². The molecule has 0 atom stereocenters. The molecule has 0 amide bonds. The Balaban J connectivity index is 3.67. The van der Waals surface area contributed by atoms with Gasteiger partial charge in [-0.3, -0.25) is 0 Å². The van der Waals surface area contributed by atoms with E-state index >= 15 is 0 Å². The molecule has 0 aliphatic carbocycles. The van der Waals surface area contributed by atoms with Gasteiger partial charge < -0.3 is 4.74 Å². The maximum Gasteiger partial charge on any atom is 0.261 e. The molecule has 1 aromatic carbocycles. The normalized spacial score (nSPS) is 20.6. The van der Waals surface area contributed by atoms with E-state index in [2.05, 4.69) is 4.74 Å². The Morgan fingerprint density at radius 1 is 1.50 bits per heavy atom. The summed E-state index contributed by atoms with van der Waals surface area (Å²) in [6.45, 7) is 0. The van der Waals surface area contributed by atoms with Gasteiger partial charge in [-0.2, -0.15) is 0 Å². The van der Waals surface area contributed by atoms with Crippen LogP contribution in [0.15, 0.2) is 29.1 Å². The van der Waals surface area contributed by atoms with Crippen molar-refractivity contribution in [2.45, 2.75) is 4.90 Å². The van der Waals surface area contributed by atoms with Gasteiger partial charge in [0.1, 0.15) is 5.75 Å². The fourth-order valence-electron chi connectivity index (χ4n) is 0.463. The Bertz CT molecular complexity index is 596. The van der Waals surface area contributed by atoms with Crippen LogP contribution in [0.2, 0.25) is 0 Å². The summed E-state index contributed by atoms with van der Waals surface area (Å²) in [7, 11) is -2.49. The van der Waals surface area contributed by atoms with E-state index in [4.69, 9.17) is 20.3 Å². The smallest absolute Gasteiger partial charge is 0.261 e. The molecule has 0 fully saturated rings. The number of methoxy groups -OCH3 is 1. The minimum absolute atomic E-state index is 0.862. The number of halogens is 1. The predicted octanol–water partition coefficient (Wildman–Crippen LogP) is 1.62. The molecule has 12 heavy (non-hydrogen) atoms. The minimum Gasteiger partial charge on any atom is -0.497 e. The first kappa shape index (κ1) is 3.55. The first-order chi connectivity index (χ1) is 8.36. The van der Waals surface area contributed by atoms with Gasteiger partial charge in [0.2, 0.25) is 0 Å². The molecule has 0 spiro atoms. The van der Waals surface area contributed by atoms with Crippen LogP contribution in [0.1, 0.15) is 9.60 Å². The number of hydrogen-bond acceptors (Lipinski definition) is 3. The lowest BCUT2D eigenvalue weighted by molar-refractivity contribution is 0.414. The van der Waals surface area contributed by atoms with Crippen LogP contribution in [0.4, 0.5) is 0 Å². The van der Waals surface area contributed by atoms with E-state index < -0.39 is 50.9 Å². The van der Waals surface area contributed by atoms with E-state index in [0.29, 0.717) is 0 Å². The van der Waals surface area contributed by atoms with Gasteiger partial charge in [-0.25, -0.2) is 8.42 Å². The van der Waals surface area contributed by atoms with Crippen molar-refractivity contribution < 1.29 is 22.7 Å². The van der Waals surface area contributed by atoms with Crippen LogP contribution >= 0.6 is 10.7 Å². The fraction of sp³-hybridized carbons (Fsp3) is 0.143. The summed E-state index contributed by atoms with van der Waals surface area (Å²) in [6.07, 6.45) is 0. The summed E-state index contributed by atoms with van der Waals surface area (Å²) in [4.78, 5) is -1.03. The van der Waals surface area contributed by atoms with Crippen LogP contribution in [-0.2, 0) is 9.05 Å². The highest BCUT2D eigenvalue weighted by molar-refractivity contribution is 8.13. The number of hydrogen-bond donors (Lipinski definition) is 0. The molecule has 0 heterocycles. The van der Waals surface area contributed by atoms with Crippen molar-refractivity contribution in [3.05, 3.63) is 24.2 Å². The van der Waals surface area contributed by atoms with Gasteiger partial charge >= 0.3 is 0 Å². The van der Waals surface area contributed by atoms with Gasteiger partial charge in [0.05, 0.1) is 21.5 Å². The zero-order valence-corrected chi connectivity index (χ0v) is 7.08. The van der Waals surface area contributed by atoms with Gasteiger partial charge in [0.15, 0.2) is 0 Å². The molecule has 0 saturated carbocycles. The molecule has 0 saturated heterocycles. The maximum atomic E-state index is 11.2. The van der Waals surface area contributed by atoms with Crippen LogP contribution in [0.25, 0.3) is 0 Å². The zero-order valence-electron chi connectivity index (χ0n) is 12.5. The monoisotopic (exact) mass is 213 g/mol. The summed E-state index contributed by atoms with van der Waals surface area (Å²) < 4.78 is 77.0. The maximum absolute atomic E-state index is 11.2. The molecule has 0 radical (unpaired) electrons. The third kappa shape index (κ3) is 2.12. The summed E-state index contributed by atoms with van der Waals surface area (Å²) in [5.41, 5.74) is 0. The van der Waals surface area contributed by atoms with Crippen LogP contribution in [-0.4, -0.2) is 15.5 Å². The molecule has 0 aromatic heterocycles. The number of rotatable bonds is 2. The van der Waals surface area contributed by atoms with E-state index in [1.165, 1.54) is 0 Å². The summed E-state index contributed by atoms with van der Waals surface area (Å²) >= 11 is 0. The Morgan fingerprint density at radius 2 is 2.08 bits per heavy atom. The SMILES string of the molecule is [2H]c1c([2H])c(S(=O)(=O)Cl)c([2H])c([2H])c1OC([2H])([2H])[2H]. The molecule has 1 aromatic rings. The third-order valence-electron chi connectivity index (χ3n) is 0.925. The third-order valence-corrected chi connectivity index (χ3v) is 2.08. The second-order valence-electron chi connectivity index (χ2n) is 1.70. The molecule has 0 aliphatic rings. The van der Waals surface area contributed by atoms with E-state index in [-0.39, 0.29) is 0 Å². The fourth-order valence-corrected chi connectivity index (χ4v) is 1.04. The lowest BCUT2D eigenvalue weighted by Gasteiger charge is -1.99. The van der Waals surface area contributed by atoms with Gasteiger partial charge in [-0.05, 0) is 24.2 Å². The molecule has 5 heteroatoms. The number of ether oxygens (including phenoxy) is 1. The predicted molar refractivity (Wildman–Crippen MR) is 46.0 cm³/mol. The molecule has 0 unspecified atom stereocenters. The Labute approximate surface area is 85.2 Å². The summed E-state index contributed by atoms with van der Waals surface area (Å²) in [5, 5.41) is 0. The molecule has 0 N–H and O–H groups in total. The first-order valence-corrected chi connectivity index (χ1v) is 4.91. The van der Waals surface area contributed by atoms with Crippen molar-refractivity contribution in [1.82, 2.24) is 0 Å². The lowest BCUT2D eigenvalue weighted by atomic mass is 10.3. The highest BCUT2D eigenvalue weighted by Gasteiger charge is 2.08. The second kappa shape index (κ2) is 3.33. The molecule has 1 rings (SSSR count).